The van der Waals surface area contributed by atoms with Crippen LogP contribution in [0.25, 0.3) is 0 Å². The predicted molar refractivity (Wildman–Crippen MR) is 52.8 cm³/mol. The minimum absolute atomic E-state index is 0.00644. The number of halogens is 4. The average molecular weight is 287 g/mol. The topological polar surface area (TPSA) is 33.1 Å². The number of aromatic nitrogens is 1. The highest BCUT2D eigenvalue weighted by atomic mass is 79.9. The molecule has 0 atom stereocenters. The number of rotatable bonds is 3. The van der Waals surface area contributed by atoms with Gasteiger partial charge in [0, 0.05) is 16.5 Å². The molecule has 0 aliphatic heterocycles. The lowest BCUT2D eigenvalue weighted by molar-refractivity contribution is 0.146. The van der Waals surface area contributed by atoms with Crippen LogP contribution >= 0.6 is 27.5 Å². The van der Waals surface area contributed by atoms with Gasteiger partial charge in [0.1, 0.15) is 5.15 Å². The van der Waals surface area contributed by atoms with E-state index < -0.39 is 13.0 Å². The van der Waals surface area contributed by atoms with E-state index in [-0.39, 0.29) is 21.6 Å². The van der Waals surface area contributed by atoms with Crippen LogP contribution in [-0.4, -0.2) is 10.1 Å². The Morgan fingerprint density at radius 2 is 2.21 bits per heavy atom. The zero-order valence-electron chi connectivity index (χ0n) is 6.98. The van der Waals surface area contributed by atoms with E-state index in [9.17, 15) is 8.78 Å². The third-order valence-corrected chi connectivity index (χ3v) is 2.46. The lowest BCUT2D eigenvalue weighted by Gasteiger charge is -2.10. The van der Waals surface area contributed by atoms with E-state index in [1.807, 2.05) is 0 Å². The van der Waals surface area contributed by atoms with Gasteiger partial charge in [-0.3, -0.25) is 0 Å². The van der Waals surface area contributed by atoms with Crippen molar-refractivity contribution in [2.75, 3.05) is 0 Å². The summed E-state index contributed by atoms with van der Waals surface area (Å²) in [6.45, 7) is -0.467. The van der Waals surface area contributed by atoms with Crippen molar-refractivity contribution < 1.29 is 13.9 Å². The molecule has 0 bridgehead atoms. The Hall–Kier alpha value is -0.260. The lowest BCUT2D eigenvalue weighted by Crippen LogP contribution is -2.02. The first kappa shape index (κ1) is 11.8. The van der Waals surface area contributed by atoms with Gasteiger partial charge in [-0.25, -0.2) is 13.8 Å². The third-order valence-electron chi connectivity index (χ3n) is 1.73. The van der Waals surface area contributed by atoms with Gasteiger partial charge in [-0.15, -0.1) is 0 Å². The van der Waals surface area contributed by atoms with Gasteiger partial charge < -0.3 is 5.11 Å². The molecule has 0 fully saturated rings. The van der Waals surface area contributed by atoms with E-state index in [0.717, 1.165) is 6.07 Å². The molecular formula is C8H7BrClF2NO. The zero-order valence-corrected chi connectivity index (χ0v) is 9.32. The Labute approximate surface area is 93.0 Å². The van der Waals surface area contributed by atoms with Crippen LogP contribution in [0.2, 0.25) is 5.15 Å². The second kappa shape index (κ2) is 5.00. The Morgan fingerprint density at radius 3 is 2.64 bits per heavy atom. The van der Waals surface area contributed by atoms with Crippen molar-refractivity contribution in [1.29, 1.82) is 0 Å². The number of hydrogen-bond acceptors (Lipinski definition) is 2. The molecule has 1 heterocycles. The summed E-state index contributed by atoms with van der Waals surface area (Å²) in [6, 6.07) is 1.07. The maximum absolute atomic E-state index is 12.5. The molecule has 0 aliphatic carbocycles. The largest absolute Gasteiger partial charge is 0.392 e. The van der Waals surface area contributed by atoms with Crippen LogP contribution in [0.5, 0.6) is 0 Å². The molecule has 1 aromatic rings. The highest BCUT2D eigenvalue weighted by Gasteiger charge is 2.17. The fourth-order valence-electron chi connectivity index (χ4n) is 1.10. The van der Waals surface area contributed by atoms with E-state index in [0.29, 0.717) is 5.69 Å². The van der Waals surface area contributed by atoms with Crippen LogP contribution in [0.15, 0.2) is 6.07 Å². The molecule has 0 saturated carbocycles. The fourth-order valence-corrected chi connectivity index (χ4v) is 1.78. The van der Waals surface area contributed by atoms with Crippen molar-refractivity contribution in [3.05, 3.63) is 28.0 Å². The molecule has 1 aromatic heterocycles. The minimum atomic E-state index is -2.66. The smallest absolute Gasteiger partial charge is 0.264 e. The van der Waals surface area contributed by atoms with Crippen molar-refractivity contribution in [2.45, 2.75) is 18.4 Å². The Bertz CT molecular complexity index is 335. The number of nitrogens with zero attached hydrogens (tertiary/aromatic N) is 1. The van der Waals surface area contributed by atoms with E-state index in [2.05, 4.69) is 20.9 Å². The molecule has 1 N–H and O–H groups in total. The average Bonchev–Trinajstić information content (AvgIpc) is 2.16. The van der Waals surface area contributed by atoms with E-state index in [1.54, 1.807) is 0 Å². The lowest BCUT2D eigenvalue weighted by atomic mass is 10.1. The molecule has 0 aromatic carbocycles. The van der Waals surface area contributed by atoms with Gasteiger partial charge in [0.05, 0.1) is 12.3 Å². The minimum Gasteiger partial charge on any atom is -0.392 e. The highest BCUT2D eigenvalue weighted by molar-refractivity contribution is 9.08. The third kappa shape index (κ3) is 2.40. The second-order valence-electron chi connectivity index (χ2n) is 2.55. The van der Waals surface area contributed by atoms with Gasteiger partial charge in [0.25, 0.3) is 6.43 Å². The summed E-state index contributed by atoms with van der Waals surface area (Å²) in [5, 5.41) is 9.22. The molecule has 2 nitrogen and oxygen atoms in total. The van der Waals surface area contributed by atoms with Crippen LogP contribution in [0, 0.1) is 0 Å². The molecule has 14 heavy (non-hydrogen) atoms. The first-order valence-corrected chi connectivity index (χ1v) is 5.23. The van der Waals surface area contributed by atoms with Gasteiger partial charge in [-0.1, -0.05) is 27.5 Å². The fraction of sp³-hybridized carbons (Fsp3) is 0.375. The Morgan fingerprint density at radius 1 is 1.57 bits per heavy atom. The van der Waals surface area contributed by atoms with Gasteiger partial charge in [0.15, 0.2) is 0 Å². The van der Waals surface area contributed by atoms with Crippen LogP contribution < -0.4 is 0 Å². The zero-order chi connectivity index (χ0) is 10.7. The van der Waals surface area contributed by atoms with Crippen molar-refractivity contribution in [3.63, 3.8) is 0 Å². The number of hydrogen-bond donors (Lipinski definition) is 1. The molecule has 6 heteroatoms. The molecular weight excluding hydrogens is 279 g/mol. The maximum Gasteiger partial charge on any atom is 0.264 e. The molecule has 0 spiro atoms. The molecule has 78 valence electrons. The number of alkyl halides is 3. The van der Waals surface area contributed by atoms with Crippen LogP contribution in [0.4, 0.5) is 8.78 Å². The molecule has 0 unspecified atom stereocenters. The summed E-state index contributed by atoms with van der Waals surface area (Å²) in [7, 11) is 0. The maximum atomic E-state index is 12.5. The second-order valence-corrected chi connectivity index (χ2v) is 3.50. The summed E-state index contributed by atoms with van der Waals surface area (Å²) >= 11 is 8.64. The van der Waals surface area contributed by atoms with E-state index in [4.69, 9.17) is 16.7 Å². The highest BCUT2D eigenvalue weighted by Crippen LogP contribution is 2.28. The van der Waals surface area contributed by atoms with E-state index >= 15 is 0 Å². The Balaban J connectivity index is 3.31. The molecule has 0 radical (unpaired) electrons. The van der Waals surface area contributed by atoms with Crippen molar-refractivity contribution >= 4 is 27.5 Å². The number of aliphatic hydroxyl groups is 1. The first-order chi connectivity index (χ1) is 6.60. The SMILES string of the molecule is OCc1c(C(F)F)cc(Cl)nc1CBr. The van der Waals surface area contributed by atoms with E-state index in [1.165, 1.54) is 0 Å². The van der Waals surface area contributed by atoms with Crippen molar-refractivity contribution in [3.8, 4) is 0 Å². The van der Waals surface area contributed by atoms with Gasteiger partial charge >= 0.3 is 0 Å². The van der Waals surface area contributed by atoms with Gasteiger partial charge in [-0.2, -0.15) is 0 Å². The van der Waals surface area contributed by atoms with Crippen LogP contribution in [0.3, 0.4) is 0 Å². The molecule has 1 rings (SSSR count). The van der Waals surface area contributed by atoms with Crippen LogP contribution in [0.1, 0.15) is 23.2 Å². The van der Waals surface area contributed by atoms with Crippen molar-refractivity contribution in [1.82, 2.24) is 4.98 Å². The summed E-state index contributed by atoms with van der Waals surface area (Å²) in [4.78, 5) is 3.83. The number of aliphatic hydroxyl groups excluding tert-OH is 1. The summed E-state index contributed by atoms with van der Waals surface area (Å²) in [6.07, 6.45) is -2.66. The first-order valence-electron chi connectivity index (χ1n) is 3.73. The molecule has 0 amide bonds. The molecule has 0 aliphatic rings. The normalized spacial score (nSPS) is 11.0. The van der Waals surface area contributed by atoms with Gasteiger partial charge in [-0.05, 0) is 6.07 Å². The van der Waals surface area contributed by atoms with Gasteiger partial charge in [0.2, 0.25) is 0 Å². The number of pyridine rings is 1. The summed E-state index contributed by atoms with van der Waals surface area (Å²) in [5.74, 6) is 0. The van der Waals surface area contributed by atoms with Crippen molar-refractivity contribution in [2.24, 2.45) is 0 Å². The van der Waals surface area contributed by atoms with Crippen LogP contribution in [-0.2, 0) is 11.9 Å². The predicted octanol–water partition coefficient (Wildman–Crippen LogP) is 3.06. The quantitative estimate of drug-likeness (QED) is 0.684. The standard InChI is InChI=1S/C8H7BrClF2NO/c9-2-6-5(3-14)4(8(11)12)1-7(10)13-6/h1,8,14H,2-3H2. The monoisotopic (exact) mass is 285 g/mol. The summed E-state index contributed by atoms with van der Waals surface area (Å²) < 4.78 is 25.0. The summed E-state index contributed by atoms with van der Waals surface area (Å²) in [5.41, 5.74) is 0.221. The molecule has 0 saturated heterocycles. The Kier molecular flexibility index (Phi) is 4.22.